The van der Waals surface area contributed by atoms with Crippen LogP contribution in [0.4, 0.5) is 0 Å². The summed E-state index contributed by atoms with van der Waals surface area (Å²) in [6.45, 7) is 0. The fraction of sp³-hybridized carbons (Fsp3) is 0. The first-order chi connectivity index (χ1) is 7.88. The molecule has 0 aliphatic rings. The third-order valence-corrected chi connectivity index (χ3v) is 2.89. The molecule has 0 amide bonds. The first-order valence-corrected chi connectivity index (χ1v) is 5.56. The summed E-state index contributed by atoms with van der Waals surface area (Å²) in [7, 11) is 0. The van der Waals surface area contributed by atoms with E-state index in [9.17, 15) is 0 Å². The van der Waals surface area contributed by atoms with Crippen molar-refractivity contribution in [2.24, 2.45) is 5.16 Å². The molecule has 1 aromatic carbocycles. The monoisotopic (exact) mass is 230 g/mol. The highest BCUT2D eigenvalue weighted by Gasteiger charge is 1.97. The van der Waals surface area contributed by atoms with Gasteiger partial charge in [-0.25, -0.2) is 4.98 Å². The lowest BCUT2D eigenvalue weighted by Gasteiger charge is -2.00. The summed E-state index contributed by atoms with van der Waals surface area (Å²) >= 11 is 1.60. The van der Waals surface area contributed by atoms with E-state index in [-0.39, 0.29) is 0 Å². The largest absolute Gasteiger partial charge is 0.411 e. The molecular weight excluding hydrogens is 220 g/mol. The van der Waals surface area contributed by atoms with E-state index in [4.69, 9.17) is 5.21 Å². The Morgan fingerprint density at radius 1 is 1.12 bits per heavy atom. The number of pyridine rings is 1. The van der Waals surface area contributed by atoms with Gasteiger partial charge in [-0.15, -0.1) is 0 Å². The maximum absolute atomic E-state index is 8.36. The fourth-order valence-electron chi connectivity index (χ4n) is 1.20. The van der Waals surface area contributed by atoms with Gasteiger partial charge in [-0.05, 0) is 24.3 Å². The van der Waals surface area contributed by atoms with Gasteiger partial charge in [0.05, 0.1) is 6.21 Å². The molecule has 1 heterocycles. The molecular formula is C12H10N2OS. The lowest BCUT2D eigenvalue weighted by Crippen LogP contribution is -1.85. The zero-order valence-electron chi connectivity index (χ0n) is 8.45. The summed E-state index contributed by atoms with van der Waals surface area (Å²) in [5.74, 6) is 0. The molecule has 2 rings (SSSR count). The number of rotatable bonds is 3. The van der Waals surface area contributed by atoms with Crippen LogP contribution >= 0.6 is 11.8 Å². The Hall–Kier alpha value is -1.81. The predicted octanol–water partition coefficient (Wildman–Crippen LogP) is 3.04. The number of hydrogen-bond donors (Lipinski definition) is 1. The minimum absolute atomic E-state index is 0.778. The highest BCUT2D eigenvalue weighted by molar-refractivity contribution is 7.99. The topological polar surface area (TPSA) is 45.5 Å². The van der Waals surface area contributed by atoms with Crippen LogP contribution < -0.4 is 0 Å². The van der Waals surface area contributed by atoms with Crippen molar-refractivity contribution in [3.63, 3.8) is 0 Å². The van der Waals surface area contributed by atoms with Gasteiger partial charge in [0, 0.05) is 16.7 Å². The van der Waals surface area contributed by atoms with Crippen LogP contribution in [0.15, 0.2) is 63.7 Å². The Labute approximate surface area is 97.8 Å². The maximum Gasteiger partial charge on any atom is 0.101 e. The summed E-state index contributed by atoms with van der Waals surface area (Å²) in [6, 6.07) is 13.8. The number of oxime groups is 1. The fourth-order valence-corrected chi connectivity index (χ4v) is 1.98. The molecule has 0 spiro atoms. The Morgan fingerprint density at radius 2 is 1.94 bits per heavy atom. The van der Waals surface area contributed by atoms with Gasteiger partial charge in [0.25, 0.3) is 0 Å². The Kier molecular flexibility index (Phi) is 3.56. The van der Waals surface area contributed by atoms with Crippen molar-refractivity contribution in [3.05, 3.63) is 54.2 Å². The summed E-state index contributed by atoms with van der Waals surface area (Å²) in [5.41, 5.74) is 0.778. The molecule has 1 N–H and O–H groups in total. The van der Waals surface area contributed by atoms with Gasteiger partial charge in [0.15, 0.2) is 0 Å². The number of aromatic nitrogens is 1. The molecule has 0 saturated heterocycles. The molecule has 0 radical (unpaired) electrons. The smallest absolute Gasteiger partial charge is 0.101 e. The van der Waals surface area contributed by atoms with Gasteiger partial charge < -0.3 is 5.21 Å². The van der Waals surface area contributed by atoms with Crippen molar-refractivity contribution in [3.8, 4) is 0 Å². The van der Waals surface area contributed by atoms with Crippen molar-refractivity contribution in [2.75, 3.05) is 0 Å². The Morgan fingerprint density at radius 3 is 2.56 bits per heavy atom. The van der Waals surface area contributed by atoms with Crippen LogP contribution in [0.3, 0.4) is 0 Å². The Bertz CT molecular complexity index is 468. The molecule has 16 heavy (non-hydrogen) atoms. The zero-order valence-corrected chi connectivity index (χ0v) is 9.26. The van der Waals surface area contributed by atoms with Gasteiger partial charge >= 0.3 is 0 Å². The third kappa shape index (κ3) is 2.84. The minimum Gasteiger partial charge on any atom is -0.411 e. The molecule has 0 atom stereocenters. The van der Waals surface area contributed by atoms with E-state index in [1.807, 2.05) is 42.5 Å². The van der Waals surface area contributed by atoms with Crippen LogP contribution in [0.2, 0.25) is 0 Å². The third-order valence-electron chi connectivity index (χ3n) is 1.93. The number of hydrogen-bond acceptors (Lipinski definition) is 4. The molecule has 0 bridgehead atoms. The second-order valence-electron chi connectivity index (χ2n) is 3.09. The van der Waals surface area contributed by atoms with Crippen molar-refractivity contribution in [1.29, 1.82) is 0 Å². The lowest BCUT2D eigenvalue weighted by atomic mass is 10.3. The molecule has 1 aromatic heterocycles. The van der Waals surface area contributed by atoms with Crippen LogP contribution in [0.1, 0.15) is 5.56 Å². The second-order valence-corrected chi connectivity index (χ2v) is 4.18. The molecule has 3 nitrogen and oxygen atoms in total. The van der Waals surface area contributed by atoms with Gasteiger partial charge in [-0.2, -0.15) is 0 Å². The van der Waals surface area contributed by atoms with Crippen LogP contribution in [-0.4, -0.2) is 16.4 Å². The van der Waals surface area contributed by atoms with E-state index in [2.05, 4.69) is 10.1 Å². The summed E-state index contributed by atoms with van der Waals surface area (Å²) < 4.78 is 0. The molecule has 0 aliphatic heterocycles. The van der Waals surface area contributed by atoms with Crippen molar-refractivity contribution in [1.82, 2.24) is 4.98 Å². The molecule has 4 heteroatoms. The van der Waals surface area contributed by atoms with E-state index in [0.29, 0.717) is 0 Å². The van der Waals surface area contributed by atoms with Crippen LogP contribution in [-0.2, 0) is 0 Å². The molecule has 0 saturated carbocycles. The van der Waals surface area contributed by atoms with E-state index < -0.39 is 0 Å². The van der Waals surface area contributed by atoms with Gasteiger partial charge in [0.1, 0.15) is 5.03 Å². The van der Waals surface area contributed by atoms with E-state index >= 15 is 0 Å². The maximum atomic E-state index is 8.36. The highest BCUT2D eigenvalue weighted by atomic mass is 32.2. The van der Waals surface area contributed by atoms with Crippen molar-refractivity contribution in [2.45, 2.75) is 9.92 Å². The molecule has 2 aromatic rings. The van der Waals surface area contributed by atoms with Gasteiger partial charge in [-0.1, -0.05) is 35.1 Å². The van der Waals surface area contributed by atoms with Crippen LogP contribution in [0, 0.1) is 0 Å². The average molecular weight is 230 g/mol. The first-order valence-electron chi connectivity index (χ1n) is 4.75. The molecule has 0 unspecified atom stereocenters. The standard InChI is InChI=1S/C12H10N2OS/c15-14-9-10-6-7-12(13-8-10)16-11-4-2-1-3-5-11/h1-9,15H/b14-9-. The van der Waals surface area contributed by atoms with Crippen molar-refractivity contribution >= 4 is 18.0 Å². The van der Waals surface area contributed by atoms with Crippen LogP contribution in [0.25, 0.3) is 0 Å². The first kappa shape index (κ1) is 10.7. The van der Waals surface area contributed by atoms with Crippen LogP contribution in [0.5, 0.6) is 0 Å². The molecule has 0 fully saturated rings. The second kappa shape index (κ2) is 5.32. The van der Waals surface area contributed by atoms with Gasteiger partial charge in [0.2, 0.25) is 0 Å². The SMILES string of the molecule is O/N=C\c1ccc(Sc2ccccc2)nc1. The number of nitrogens with zero attached hydrogens (tertiary/aromatic N) is 2. The summed E-state index contributed by atoms with van der Waals surface area (Å²) in [5, 5.41) is 12.2. The normalized spacial score (nSPS) is 10.8. The lowest BCUT2D eigenvalue weighted by molar-refractivity contribution is 0.322. The van der Waals surface area contributed by atoms with E-state index in [0.717, 1.165) is 15.5 Å². The molecule has 80 valence electrons. The summed E-state index contributed by atoms with van der Waals surface area (Å²) in [6.07, 6.45) is 3.02. The van der Waals surface area contributed by atoms with E-state index in [1.165, 1.54) is 6.21 Å². The molecule has 0 aliphatic carbocycles. The van der Waals surface area contributed by atoms with E-state index in [1.54, 1.807) is 18.0 Å². The van der Waals surface area contributed by atoms with Gasteiger partial charge in [-0.3, -0.25) is 0 Å². The predicted molar refractivity (Wildman–Crippen MR) is 64.2 cm³/mol. The van der Waals surface area contributed by atoms with Crippen molar-refractivity contribution < 1.29 is 5.21 Å². The quantitative estimate of drug-likeness (QED) is 0.501. The number of benzene rings is 1. The highest BCUT2D eigenvalue weighted by Crippen LogP contribution is 2.24. The minimum atomic E-state index is 0.778. The summed E-state index contributed by atoms with van der Waals surface area (Å²) in [4.78, 5) is 5.40. The Balaban J connectivity index is 2.11. The zero-order chi connectivity index (χ0) is 11.2. The average Bonchev–Trinajstić information content (AvgIpc) is 2.33.